The molecule has 0 radical (unpaired) electrons. The summed E-state index contributed by atoms with van der Waals surface area (Å²) in [6.45, 7) is -1.11. The zero-order chi connectivity index (χ0) is 25.8. The van der Waals surface area contributed by atoms with Gasteiger partial charge in [0.2, 0.25) is 0 Å². The Morgan fingerprint density at radius 1 is 1.11 bits per heavy atom. The van der Waals surface area contributed by atoms with Gasteiger partial charge in [-0.25, -0.2) is 14.0 Å². The Bertz CT molecular complexity index is 1240. The Labute approximate surface area is 207 Å². The predicted molar refractivity (Wildman–Crippen MR) is 132 cm³/mol. The maximum absolute atomic E-state index is 15.2. The molecule has 0 bridgehead atoms. The van der Waals surface area contributed by atoms with Gasteiger partial charge in [0, 0.05) is 25.2 Å². The van der Waals surface area contributed by atoms with E-state index < -0.39 is 35.7 Å². The van der Waals surface area contributed by atoms with Gasteiger partial charge in [0.1, 0.15) is 12.4 Å². The molecule has 196 valence electrons. The zero-order valence-corrected chi connectivity index (χ0v) is 20.5. The molecule has 1 aromatic carbocycles. The topological polar surface area (TPSA) is 123 Å². The van der Waals surface area contributed by atoms with E-state index in [-0.39, 0.29) is 36.2 Å². The predicted octanol–water partition coefficient (Wildman–Crippen LogP) is 3.32. The number of aliphatic carboxylic acids is 1. The molecule has 2 aliphatic carbocycles. The first kappa shape index (κ1) is 25.7. The Morgan fingerprint density at radius 2 is 1.78 bits per heavy atom. The van der Waals surface area contributed by atoms with Gasteiger partial charge >= 0.3 is 17.8 Å². The highest BCUT2D eigenvalue weighted by Gasteiger charge is 2.26. The smallest absolute Gasteiger partial charge is 0.410 e. The summed E-state index contributed by atoms with van der Waals surface area (Å²) in [5, 5.41) is 12.5. The molecule has 2 aliphatic rings. The summed E-state index contributed by atoms with van der Waals surface area (Å²) in [4.78, 5) is 51.0. The van der Waals surface area contributed by atoms with E-state index in [4.69, 9.17) is 5.11 Å². The molecule has 0 spiro atoms. The monoisotopic (exact) mass is 504 g/mol. The van der Waals surface area contributed by atoms with Crippen molar-refractivity contribution in [2.24, 2.45) is 0 Å². The third kappa shape index (κ3) is 5.39. The number of carbonyl (C=O) groups is 2. The number of hydrogen-bond acceptors (Lipinski definition) is 6. The second-order valence-corrected chi connectivity index (χ2v) is 9.66. The molecular formula is C25H33FN4O6. The minimum absolute atomic E-state index is 0.0797. The second-order valence-electron chi connectivity index (χ2n) is 9.66. The number of anilines is 1. The number of hydrogen-bond donors (Lipinski definition) is 2. The fraction of sp³-hybridized carbons (Fsp3) is 0.600. The van der Waals surface area contributed by atoms with Crippen LogP contribution in [0, 0.1) is 5.82 Å². The third-order valence-corrected chi connectivity index (χ3v) is 7.26. The van der Waals surface area contributed by atoms with Gasteiger partial charge in [-0.3, -0.25) is 23.6 Å². The summed E-state index contributed by atoms with van der Waals surface area (Å²) < 4.78 is 22.3. The van der Waals surface area contributed by atoms with Gasteiger partial charge in [0.15, 0.2) is 0 Å². The van der Waals surface area contributed by atoms with Crippen LogP contribution in [0.4, 0.5) is 14.9 Å². The fourth-order valence-corrected chi connectivity index (χ4v) is 5.44. The Kier molecular flexibility index (Phi) is 7.95. The van der Waals surface area contributed by atoms with Crippen LogP contribution in [0.5, 0.6) is 0 Å². The van der Waals surface area contributed by atoms with E-state index in [0.29, 0.717) is 5.52 Å². The molecule has 36 heavy (non-hydrogen) atoms. The van der Waals surface area contributed by atoms with Crippen LogP contribution in [0.15, 0.2) is 21.7 Å². The van der Waals surface area contributed by atoms with E-state index in [9.17, 15) is 19.2 Å². The molecule has 1 heterocycles. The average molecular weight is 505 g/mol. The molecule has 0 unspecified atom stereocenters. The molecule has 2 aromatic rings. The number of nitrogens with one attached hydrogen (secondary N) is 1. The van der Waals surface area contributed by atoms with Gasteiger partial charge < -0.3 is 15.2 Å². The van der Waals surface area contributed by atoms with E-state index in [2.05, 4.69) is 10.1 Å². The first-order valence-electron chi connectivity index (χ1n) is 12.6. The largest absolute Gasteiger partial charge is 0.480 e. The van der Waals surface area contributed by atoms with Crippen molar-refractivity contribution < 1.29 is 23.8 Å². The molecule has 10 nitrogen and oxygen atoms in total. The number of fused-ring (bicyclic) bond motifs is 1. The number of halogens is 1. The van der Waals surface area contributed by atoms with Crippen LogP contribution in [-0.2, 0) is 16.1 Å². The van der Waals surface area contributed by atoms with Crippen molar-refractivity contribution in [2.45, 2.75) is 76.4 Å². The van der Waals surface area contributed by atoms with Crippen molar-refractivity contribution in [2.75, 3.05) is 25.5 Å². The summed E-state index contributed by atoms with van der Waals surface area (Å²) in [6.07, 6.45) is 7.76. The van der Waals surface area contributed by atoms with E-state index in [1.54, 1.807) is 10.6 Å². The Hall–Kier alpha value is -3.37. The molecule has 4 rings (SSSR count). The molecule has 11 heteroatoms. The maximum Gasteiger partial charge on any atom is 0.410 e. The minimum atomic E-state index is -1.25. The zero-order valence-electron chi connectivity index (χ0n) is 20.5. The van der Waals surface area contributed by atoms with Gasteiger partial charge in [-0.1, -0.05) is 32.1 Å². The quantitative estimate of drug-likeness (QED) is 0.565. The number of amides is 1. The number of carboxylic acid groups (broad SMARTS) is 1. The lowest BCUT2D eigenvalue weighted by atomic mass is 9.95. The van der Waals surface area contributed by atoms with Gasteiger partial charge in [0.05, 0.1) is 23.7 Å². The highest BCUT2D eigenvalue weighted by Crippen LogP contribution is 2.32. The summed E-state index contributed by atoms with van der Waals surface area (Å²) in [5.41, 5.74) is -0.540. The van der Waals surface area contributed by atoms with Crippen LogP contribution in [0.3, 0.4) is 0 Å². The Balaban J connectivity index is 1.77. The van der Waals surface area contributed by atoms with Crippen molar-refractivity contribution in [3.05, 3.63) is 38.8 Å². The van der Waals surface area contributed by atoms with E-state index in [1.807, 2.05) is 0 Å². The van der Waals surface area contributed by atoms with Crippen molar-refractivity contribution in [1.29, 1.82) is 0 Å². The minimum Gasteiger partial charge on any atom is -0.480 e. The molecule has 2 fully saturated rings. The molecule has 0 atom stereocenters. The van der Waals surface area contributed by atoms with Crippen LogP contribution in [-0.4, -0.2) is 57.4 Å². The van der Waals surface area contributed by atoms with Crippen LogP contribution in [0.25, 0.3) is 10.9 Å². The molecule has 1 aromatic heterocycles. The van der Waals surface area contributed by atoms with Crippen molar-refractivity contribution >= 4 is 28.7 Å². The van der Waals surface area contributed by atoms with Gasteiger partial charge in [-0.2, -0.15) is 0 Å². The molecule has 0 aliphatic heterocycles. The van der Waals surface area contributed by atoms with Crippen molar-refractivity contribution in [3.63, 3.8) is 0 Å². The second kappa shape index (κ2) is 11.1. The van der Waals surface area contributed by atoms with E-state index >= 15 is 4.39 Å². The summed E-state index contributed by atoms with van der Waals surface area (Å²) >= 11 is 0. The van der Waals surface area contributed by atoms with E-state index in [0.717, 1.165) is 67.9 Å². The van der Waals surface area contributed by atoms with Crippen molar-refractivity contribution in [1.82, 2.24) is 14.0 Å². The Morgan fingerprint density at radius 3 is 2.42 bits per heavy atom. The number of rotatable bonds is 8. The van der Waals surface area contributed by atoms with Crippen LogP contribution < -0.4 is 16.6 Å². The van der Waals surface area contributed by atoms with E-state index in [1.165, 1.54) is 12.5 Å². The third-order valence-electron chi connectivity index (χ3n) is 7.26. The van der Waals surface area contributed by atoms with Crippen molar-refractivity contribution in [3.8, 4) is 0 Å². The summed E-state index contributed by atoms with van der Waals surface area (Å²) in [7, 11) is 1.12. The van der Waals surface area contributed by atoms with Crippen LogP contribution >= 0.6 is 0 Å². The highest BCUT2D eigenvalue weighted by atomic mass is 19.1. The molecule has 2 N–H and O–H groups in total. The first-order chi connectivity index (χ1) is 17.3. The van der Waals surface area contributed by atoms with Gasteiger partial charge in [0.25, 0.3) is 5.56 Å². The molecule has 1 amide bonds. The number of carbonyl (C=O) groups excluding carboxylic acids is 1. The average Bonchev–Trinajstić information content (AvgIpc) is 3.39. The summed E-state index contributed by atoms with van der Waals surface area (Å²) in [6, 6.07) is 2.78. The van der Waals surface area contributed by atoms with Crippen LogP contribution in [0.1, 0.15) is 63.8 Å². The summed E-state index contributed by atoms with van der Waals surface area (Å²) in [5.74, 6) is -1.81. The normalized spacial score (nSPS) is 16.8. The lowest BCUT2D eigenvalue weighted by Crippen LogP contribution is -2.45. The lowest BCUT2D eigenvalue weighted by Gasteiger charge is -2.25. The van der Waals surface area contributed by atoms with Crippen LogP contribution in [0.2, 0.25) is 0 Å². The lowest BCUT2D eigenvalue weighted by molar-refractivity contribution is -0.138. The number of benzene rings is 1. The first-order valence-corrected chi connectivity index (χ1v) is 12.6. The SMILES string of the molecule is COC(=O)N(CCn1c(=O)c2cc(F)c(NC3CCCCC3)cc2n(C2CCCC2)c1=O)CC(=O)O. The number of aromatic nitrogens is 2. The number of methoxy groups -OCH3 is 1. The molecule has 2 saturated carbocycles. The number of ether oxygens (including phenoxy) is 1. The maximum atomic E-state index is 15.2. The standard InChI is InChI=1S/C25H33FN4O6/c1-36-25(35)28(15-22(31)32)11-12-29-23(33)18-13-19(26)20(27-16-7-3-2-4-8-16)14-21(18)30(24(29)34)17-9-5-6-10-17/h13-14,16-17,27H,2-12,15H2,1H3,(H,31,32). The molecular weight excluding hydrogens is 471 g/mol. The fourth-order valence-electron chi connectivity index (χ4n) is 5.44. The van der Waals surface area contributed by atoms with Gasteiger partial charge in [-0.05, 0) is 37.8 Å². The molecule has 0 saturated heterocycles. The number of carboxylic acids is 1. The van der Waals surface area contributed by atoms with Gasteiger partial charge in [-0.15, -0.1) is 0 Å². The highest BCUT2D eigenvalue weighted by molar-refractivity contribution is 5.82. The number of nitrogens with zero attached hydrogens (tertiary/aromatic N) is 3.